The molecule has 11 heteroatoms. The Bertz CT molecular complexity index is 1340. The maximum Gasteiger partial charge on any atom is 0.253 e. The van der Waals surface area contributed by atoms with Gasteiger partial charge >= 0.3 is 0 Å². The molecule has 0 radical (unpaired) electrons. The van der Waals surface area contributed by atoms with Gasteiger partial charge in [-0.2, -0.15) is 0 Å². The lowest BCUT2D eigenvalue weighted by molar-refractivity contribution is -0.130. The molecule has 1 heterocycles. The van der Waals surface area contributed by atoms with Gasteiger partial charge in [0.1, 0.15) is 0 Å². The van der Waals surface area contributed by atoms with Crippen molar-refractivity contribution in [3.05, 3.63) is 94.0 Å². The first kappa shape index (κ1) is 29.3. The normalized spacial score (nSPS) is 13.3. The number of benzene rings is 3. The van der Waals surface area contributed by atoms with Gasteiger partial charge in [-0.25, -0.2) is 8.42 Å². The highest BCUT2D eigenvalue weighted by Crippen LogP contribution is 2.27. The second-order valence-electron chi connectivity index (χ2n) is 8.72. The van der Waals surface area contributed by atoms with E-state index in [1.165, 1.54) is 5.56 Å². The summed E-state index contributed by atoms with van der Waals surface area (Å²) >= 11 is 11.6. The van der Waals surface area contributed by atoms with Crippen LogP contribution in [0.5, 0.6) is 0 Å². The number of carbonyl (C=O) groups is 2. The summed E-state index contributed by atoms with van der Waals surface area (Å²) in [4.78, 5) is 28.4. The number of sulfonamides is 1. The van der Waals surface area contributed by atoms with E-state index < -0.39 is 15.9 Å². The standard InChI is InChI=1S/C20H23ClN4O4S.C7H7Cl/c1-30(28,29)23-17-8-4-5-9-18(17)24-10-12-25(13-11-24)19(26)14-22-20(27)15-6-2-3-7-16(15)21;1-6-2-4-7(8)5-3-6/h2-9,23H,10-14H2,1H3,(H,22,27);2-5H,1H3. The van der Waals surface area contributed by atoms with Gasteiger partial charge in [-0.05, 0) is 43.3 Å². The Morgan fingerprint density at radius 3 is 2.08 bits per heavy atom. The van der Waals surface area contributed by atoms with Crippen LogP contribution in [-0.4, -0.2) is 64.1 Å². The molecular formula is C27H30Cl2N4O4S. The number of hydrogen-bond donors (Lipinski definition) is 2. The summed E-state index contributed by atoms with van der Waals surface area (Å²) < 4.78 is 25.7. The zero-order valence-electron chi connectivity index (χ0n) is 21.2. The molecule has 0 bridgehead atoms. The molecule has 2 amide bonds. The lowest BCUT2D eigenvalue weighted by atomic mass is 10.2. The third kappa shape index (κ3) is 8.93. The van der Waals surface area contributed by atoms with E-state index in [4.69, 9.17) is 23.2 Å². The van der Waals surface area contributed by atoms with Crippen LogP contribution in [0.2, 0.25) is 10.0 Å². The molecule has 202 valence electrons. The first-order valence-corrected chi connectivity index (χ1v) is 14.5. The molecule has 2 N–H and O–H groups in total. The van der Waals surface area contributed by atoms with Crippen molar-refractivity contribution in [3.8, 4) is 0 Å². The fourth-order valence-corrected chi connectivity index (χ4v) is 4.69. The molecule has 1 aliphatic heterocycles. The summed E-state index contributed by atoms with van der Waals surface area (Å²) in [7, 11) is -3.39. The number of hydrogen-bond acceptors (Lipinski definition) is 5. The zero-order valence-corrected chi connectivity index (χ0v) is 23.5. The molecule has 3 aromatic carbocycles. The molecule has 1 fully saturated rings. The number of halogens is 2. The second kappa shape index (κ2) is 13.5. The van der Waals surface area contributed by atoms with E-state index in [1.54, 1.807) is 41.3 Å². The van der Waals surface area contributed by atoms with Crippen molar-refractivity contribution in [2.75, 3.05) is 48.6 Å². The first-order valence-electron chi connectivity index (χ1n) is 11.9. The Morgan fingerprint density at radius 2 is 1.47 bits per heavy atom. The molecule has 0 spiro atoms. The Balaban J connectivity index is 0.000000427. The van der Waals surface area contributed by atoms with Gasteiger partial charge < -0.3 is 15.1 Å². The highest BCUT2D eigenvalue weighted by molar-refractivity contribution is 7.92. The van der Waals surface area contributed by atoms with E-state index in [0.29, 0.717) is 42.5 Å². The molecule has 0 aromatic heterocycles. The first-order chi connectivity index (χ1) is 18.0. The SMILES string of the molecule is CS(=O)(=O)Nc1ccccc1N1CCN(C(=O)CNC(=O)c2ccccc2Cl)CC1.Cc1ccc(Cl)cc1. The van der Waals surface area contributed by atoms with Gasteiger partial charge in [0.05, 0.1) is 34.8 Å². The van der Waals surface area contributed by atoms with E-state index in [-0.39, 0.29) is 12.5 Å². The number of rotatable bonds is 6. The molecule has 1 saturated heterocycles. The number of para-hydroxylation sites is 2. The van der Waals surface area contributed by atoms with Crippen molar-refractivity contribution in [1.29, 1.82) is 0 Å². The number of nitrogens with zero attached hydrogens (tertiary/aromatic N) is 2. The minimum Gasteiger partial charge on any atom is -0.366 e. The fraction of sp³-hybridized carbons (Fsp3) is 0.259. The van der Waals surface area contributed by atoms with Gasteiger partial charge in [0.2, 0.25) is 15.9 Å². The van der Waals surface area contributed by atoms with Crippen LogP contribution in [0.3, 0.4) is 0 Å². The molecule has 3 aromatic rings. The van der Waals surface area contributed by atoms with Crippen molar-refractivity contribution in [2.45, 2.75) is 6.92 Å². The Labute approximate surface area is 233 Å². The van der Waals surface area contributed by atoms with Crippen LogP contribution in [0.25, 0.3) is 0 Å². The van der Waals surface area contributed by atoms with E-state index in [9.17, 15) is 18.0 Å². The van der Waals surface area contributed by atoms with Crippen molar-refractivity contribution >= 4 is 56.4 Å². The van der Waals surface area contributed by atoms with Crippen molar-refractivity contribution in [3.63, 3.8) is 0 Å². The number of nitrogens with one attached hydrogen (secondary N) is 2. The van der Waals surface area contributed by atoms with Crippen molar-refractivity contribution in [1.82, 2.24) is 10.2 Å². The topological polar surface area (TPSA) is 98.8 Å². The Kier molecular flexibility index (Phi) is 10.4. The highest BCUT2D eigenvalue weighted by atomic mass is 35.5. The highest BCUT2D eigenvalue weighted by Gasteiger charge is 2.23. The Morgan fingerprint density at radius 1 is 0.868 bits per heavy atom. The smallest absolute Gasteiger partial charge is 0.253 e. The quantitative estimate of drug-likeness (QED) is 0.452. The summed E-state index contributed by atoms with van der Waals surface area (Å²) in [5.74, 6) is -0.578. The predicted octanol–water partition coefficient (Wildman–Crippen LogP) is 4.44. The van der Waals surface area contributed by atoms with Crippen LogP contribution >= 0.6 is 23.2 Å². The fourth-order valence-electron chi connectivity index (χ4n) is 3.77. The minimum atomic E-state index is -3.39. The van der Waals surface area contributed by atoms with E-state index >= 15 is 0 Å². The molecule has 1 aliphatic rings. The summed E-state index contributed by atoms with van der Waals surface area (Å²) in [6, 6.07) is 21.6. The summed E-state index contributed by atoms with van der Waals surface area (Å²) in [6.07, 6.45) is 1.11. The lowest BCUT2D eigenvalue weighted by Gasteiger charge is -2.37. The van der Waals surface area contributed by atoms with Gasteiger partial charge in [0, 0.05) is 31.2 Å². The van der Waals surface area contributed by atoms with Crippen molar-refractivity contribution < 1.29 is 18.0 Å². The summed E-state index contributed by atoms with van der Waals surface area (Å²) in [5.41, 5.74) is 2.84. The molecular weight excluding hydrogens is 547 g/mol. The van der Waals surface area contributed by atoms with Gasteiger partial charge in [0.15, 0.2) is 0 Å². The van der Waals surface area contributed by atoms with Crippen LogP contribution in [0.4, 0.5) is 11.4 Å². The van der Waals surface area contributed by atoms with Gasteiger partial charge in [-0.15, -0.1) is 0 Å². The minimum absolute atomic E-state index is 0.115. The second-order valence-corrected chi connectivity index (χ2v) is 11.3. The number of piperazine rings is 1. The largest absolute Gasteiger partial charge is 0.366 e. The molecule has 0 aliphatic carbocycles. The van der Waals surface area contributed by atoms with Gasteiger partial charge in [-0.1, -0.05) is 65.2 Å². The molecule has 0 atom stereocenters. The molecule has 8 nitrogen and oxygen atoms in total. The monoisotopic (exact) mass is 576 g/mol. The van der Waals surface area contributed by atoms with E-state index in [1.807, 2.05) is 48.2 Å². The molecule has 0 saturated carbocycles. The third-order valence-corrected chi connectivity index (χ3v) is 6.87. The predicted molar refractivity (Wildman–Crippen MR) is 154 cm³/mol. The maximum atomic E-state index is 12.5. The summed E-state index contributed by atoms with van der Waals surface area (Å²) in [6.45, 7) is 3.95. The number of amides is 2. The van der Waals surface area contributed by atoms with E-state index in [0.717, 1.165) is 17.0 Å². The van der Waals surface area contributed by atoms with Crippen LogP contribution in [0, 0.1) is 6.92 Å². The van der Waals surface area contributed by atoms with Gasteiger partial charge in [-0.3, -0.25) is 14.3 Å². The third-order valence-electron chi connectivity index (χ3n) is 5.70. The average molecular weight is 578 g/mol. The van der Waals surface area contributed by atoms with E-state index in [2.05, 4.69) is 10.0 Å². The molecule has 4 rings (SSSR count). The molecule has 38 heavy (non-hydrogen) atoms. The summed E-state index contributed by atoms with van der Waals surface area (Å²) in [5, 5.41) is 3.74. The number of aryl methyl sites for hydroxylation is 1. The zero-order chi connectivity index (χ0) is 27.7. The van der Waals surface area contributed by atoms with Crippen LogP contribution < -0.4 is 14.9 Å². The lowest BCUT2D eigenvalue weighted by Crippen LogP contribution is -2.51. The maximum absolute atomic E-state index is 12.5. The molecule has 0 unspecified atom stereocenters. The number of carbonyl (C=O) groups excluding carboxylic acids is 2. The van der Waals surface area contributed by atoms with Crippen LogP contribution in [0.15, 0.2) is 72.8 Å². The average Bonchev–Trinajstić information content (AvgIpc) is 2.89. The van der Waals surface area contributed by atoms with Gasteiger partial charge in [0.25, 0.3) is 5.91 Å². The number of anilines is 2. The van der Waals surface area contributed by atoms with Crippen molar-refractivity contribution in [2.24, 2.45) is 0 Å². The van der Waals surface area contributed by atoms with Crippen LogP contribution in [0.1, 0.15) is 15.9 Å². The van der Waals surface area contributed by atoms with Crippen LogP contribution in [-0.2, 0) is 14.8 Å². The Hall–Kier alpha value is -3.27.